The van der Waals surface area contributed by atoms with E-state index in [0.29, 0.717) is 41.5 Å². The average molecular weight is 488 g/mol. The zero-order valence-corrected chi connectivity index (χ0v) is 21.0. The van der Waals surface area contributed by atoms with Crippen LogP contribution in [-0.2, 0) is 23.9 Å². The number of nitrogens with one attached hydrogen (secondary N) is 1. The van der Waals surface area contributed by atoms with Gasteiger partial charge in [-0.1, -0.05) is 32.6 Å². The summed E-state index contributed by atoms with van der Waals surface area (Å²) in [5.41, 5.74) is 2.37. The Hall–Kier alpha value is -2.74. The van der Waals surface area contributed by atoms with Crippen molar-refractivity contribution in [3.05, 3.63) is 53.4 Å². The summed E-state index contributed by atoms with van der Waals surface area (Å²) in [6.45, 7) is 10.7. The SMILES string of the molecule is C=C1NC2=C(C(=O)C(C(=O)OC)C(C)C2)C(c2ccc(OCC)cc2)C1C(=O)OCCSCC. The molecule has 2 aliphatic rings. The van der Waals surface area contributed by atoms with E-state index in [1.807, 2.05) is 45.0 Å². The molecule has 4 unspecified atom stereocenters. The molecule has 184 valence electrons. The van der Waals surface area contributed by atoms with Crippen LogP contribution < -0.4 is 10.1 Å². The van der Waals surface area contributed by atoms with Crippen molar-refractivity contribution < 1.29 is 28.6 Å². The first-order valence-electron chi connectivity index (χ1n) is 11.6. The molecule has 1 aliphatic heterocycles. The molecule has 1 aliphatic carbocycles. The molecular weight excluding hydrogens is 454 g/mol. The van der Waals surface area contributed by atoms with Crippen LogP contribution in [0, 0.1) is 17.8 Å². The number of methoxy groups -OCH3 is 1. The maximum Gasteiger partial charge on any atom is 0.316 e. The third-order valence-corrected chi connectivity index (χ3v) is 7.10. The molecule has 1 aromatic rings. The fourth-order valence-corrected chi connectivity index (χ4v) is 5.19. The van der Waals surface area contributed by atoms with Gasteiger partial charge in [-0.15, -0.1) is 0 Å². The number of esters is 2. The van der Waals surface area contributed by atoms with Crippen molar-refractivity contribution in [2.75, 3.05) is 31.8 Å². The van der Waals surface area contributed by atoms with Gasteiger partial charge >= 0.3 is 11.9 Å². The first kappa shape index (κ1) is 25.9. The van der Waals surface area contributed by atoms with Crippen molar-refractivity contribution in [3.8, 4) is 5.75 Å². The van der Waals surface area contributed by atoms with Gasteiger partial charge in [0, 0.05) is 28.6 Å². The fraction of sp³-hybridized carbons (Fsp3) is 0.500. The van der Waals surface area contributed by atoms with Crippen molar-refractivity contribution >= 4 is 29.5 Å². The van der Waals surface area contributed by atoms with Crippen LogP contribution in [0.1, 0.15) is 38.7 Å². The minimum absolute atomic E-state index is 0.241. The molecule has 34 heavy (non-hydrogen) atoms. The Labute approximate surface area is 205 Å². The second-order valence-corrected chi connectivity index (χ2v) is 9.80. The van der Waals surface area contributed by atoms with Crippen LogP contribution in [0.3, 0.4) is 0 Å². The second-order valence-electron chi connectivity index (χ2n) is 8.41. The molecule has 1 heterocycles. The van der Waals surface area contributed by atoms with E-state index in [0.717, 1.165) is 11.3 Å². The van der Waals surface area contributed by atoms with Crippen molar-refractivity contribution in [2.24, 2.45) is 17.8 Å². The maximum atomic E-state index is 13.7. The Morgan fingerprint density at radius 1 is 1.15 bits per heavy atom. The van der Waals surface area contributed by atoms with Gasteiger partial charge < -0.3 is 19.5 Å². The number of ketones is 1. The largest absolute Gasteiger partial charge is 0.494 e. The molecule has 0 saturated heterocycles. The van der Waals surface area contributed by atoms with Gasteiger partial charge in [0.1, 0.15) is 24.2 Å². The van der Waals surface area contributed by atoms with Crippen LogP contribution in [0.4, 0.5) is 0 Å². The zero-order valence-electron chi connectivity index (χ0n) is 20.2. The van der Waals surface area contributed by atoms with Gasteiger partial charge in [-0.25, -0.2) is 0 Å². The second kappa shape index (κ2) is 11.6. The van der Waals surface area contributed by atoms with Gasteiger partial charge in [0.25, 0.3) is 0 Å². The smallest absolute Gasteiger partial charge is 0.316 e. The predicted octanol–water partition coefficient (Wildman–Crippen LogP) is 3.85. The molecule has 0 aromatic heterocycles. The Bertz CT molecular complexity index is 970. The molecule has 0 amide bonds. The number of benzene rings is 1. The molecule has 7 nitrogen and oxygen atoms in total. The maximum absolute atomic E-state index is 13.7. The topological polar surface area (TPSA) is 90.9 Å². The number of allylic oxidation sites excluding steroid dienone is 2. The summed E-state index contributed by atoms with van der Waals surface area (Å²) in [6.07, 6.45) is 0.475. The van der Waals surface area contributed by atoms with Crippen molar-refractivity contribution in [1.82, 2.24) is 5.32 Å². The van der Waals surface area contributed by atoms with E-state index in [-0.39, 0.29) is 18.3 Å². The number of thioether (sulfide) groups is 1. The van der Waals surface area contributed by atoms with Crippen LogP contribution in [0.5, 0.6) is 5.75 Å². The lowest BCUT2D eigenvalue weighted by Crippen LogP contribution is -2.46. The number of hydrogen-bond donors (Lipinski definition) is 1. The normalized spacial score (nSPS) is 24.2. The molecule has 0 saturated carbocycles. The number of hydrogen-bond acceptors (Lipinski definition) is 8. The molecule has 0 spiro atoms. The highest BCUT2D eigenvalue weighted by Crippen LogP contribution is 2.47. The Morgan fingerprint density at radius 3 is 2.47 bits per heavy atom. The van der Waals surface area contributed by atoms with Crippen LogP contribution in [-0.4, -0.2) is 49.6 Å². The van der Waals surface area contributed by atoms with Gasteiger partial charge in [0.2, 0.25) is 0 Å². The fourth-order valence-electron chi connectivity index (χ4n) is 4.70. The third-order valence-electron chi connectivity index (χ3n) is 6.23. The molecule has 1 N–H and O–H groups in total. The van der Waals surface area contributed by atoms with Gasteiger partial charge in [-0.3, -0.25) is 14.4 Å². The molecule has 0 fully saturated rings. The summed E-state index contributed by atoms with van der Waals surface area (Å²) in [4.78, 5) is 39.4. The molecule has 1 aromatic carbocycles. The van der Waals surface area contributed by atoms with E-state index in [1.54, 1.807) is 11.8 Å². The minimum atomic E-state index is -0.917. The van der Waals surface area contributed by atoms with Crippen molar-refractivity contribution in [2.45, 2.75) is 33.1 Å². The van der Waals surface area contributed by atoms with E-state index in [9.17, 15) is 14.4 Å². The number of ether oxygens (including phenoxy) is 3. The number of carbonyl (C=O) groups excluding carboxylic acids is 3. The van der Waals surface area contributed by atoms with E-state index in [2.05, 4.69) is 11.9 Å². The third kappa shape index (κ3) is 5.32. The first-order chi connectivity index (χ1) is 16.3. The Kier molecular flexibility index (Phi) is 8.83. The molecular formula is C26H33NO6S. The first-order valence-corrected chi connectivity index (χ1v) is 12.8. The highest BCUT2D eigenvalue weighted by molar-refractivity contribution is 7.99. The highest BCUT2D eigenvalue weighted by Gasteiger charge is 2.49. The van der Waals surface area contributed by atoms with E-state index < -0.39 is 29.7 Å². The van der Waals surface area contributed by atoms with Crippen LogP contribution in [0.25, 0.3) is 0 Å². The molecule has 0 bridgehead atoms. The van der Waals surface area contributed by atoms with Gasteiger partial charge in [-0.05, 0) is 42.7 Å². The summed E-state index contributed by atoms with van der Waals surface area (Å²) in [5, 5.41) is 3.20. The van der Waals surface area contributed by atoms with E-state index >= 15 is 0 Å². The van der Waals surface area contributed by atoms with Crippen LogP contribution in [0.15, 0.2) is 47.8 Å². The minimum Gasteiger partial charge on any atom is -0.494 e. The predicted molar refractivity (Wildman–Crippen MR) is 131 cm³/mol. The summed E-state index contributed by atoms with van der Waals surface area (Å²) < 4.78 is 16.1. The average Bonchev–Trinajstić information content (AvgIpc) is 2.81. The zero-order chi connectivity index (χ0) is 24.8. The standard InChI is InChI=1S/C26H33NO6S/c1-6-32-18-10-8-17(9-11-18)22-21(26(30)33-12-13-34-7-2)16(4)27-19-14-15(3)20(25(29)31-5)24(28)23(19)22/h8-11,15,20-22,27H,4,6-7,12-14H2,1-3,5H3. The van der Waals surface area contributed by atoms with Gasteiger partial charge in [0.15, 0.2) is 5.78 Å². The summed E-state index contributed by atoms with van der Waals surface area (Å²) in [7, 11) is 1.28. The van der Waals surface area contributed by atoms with Gasteiger partial charge in [0.05, 0.1) is 13.7 Å². The molecule has 0 radical (unpaired) electrons. The van der Waals surface area contributed by atoms with Crippen molar-refractivity contribution in [1.29, 1.82) is 0 Å². The molecule has 3 rings (SSSR count). The quantitative estimate of drug-likeness (QED) is 0.319. The van der Waals surface area contributed by atoms with Crippen LogP contribution >= 0.6 is 11.8 Å². The summed E-state index contributed by atoms with van der Waals surface area (Å²) >= 11 is 1.68. The highest BCUT2D eigenvalue weighted by atomic mass is 32.2. The number of carbonyl (C=O) groups is 3. The summed E-state index contributed by atoms with van der Waals surface area (Å²) in [5.74, 6) is -1.60. The lowest BCUT2D eigenvalue weighted by Gasteiger charge is -2.41. The van der Waals surface area contributed by atoms with E-state index in [4.69, 9.17) is 14.2 Å². The van der Waals surface area contributed by atoms with Gasteiger partial charge in [-0.2, -0.15) is 11.8 Å². The number of Topliss-reactive ketones (excluding diaryl/α,β-unsaturated/α-hetero) is 1. The Morgan fingerprint density at radius 2 is 1.85 bits per heavy atom. The lowest BCUT2D eigenvalue weighted by atomic mass is 9.67. The summed E-state index contributed by atoms with van der Waals surface area (Å²) in [6, 6.07) is 7.34. The monoisotopic (exact) mass is 487 g/mol. The molecule has 4 atom stereocenters. The van der Waals surface area contributed by atoms with Crippen molar-refractivity contribution in [3.63, 3.8) is 0 Å². The Balaban J connectivity index is 2.05. The van der Waals surface area contributed by atoms with E-state index in [1.165, 1.54) is 7.11 Å². The molecule has 8 heteroatoms. The van der Waals surface area contributed by atoms with Crippen LogP contribution in [0.2, 0.25) is 0 Å². The number of rotatable bonds is 9. The lowest BCUT2D eigenvalue weighted by molar-refractivity contribution is -0.151.